The molecule has 0 aliphatic carbocycles. The first kappa shape index (κ1) is 15.1. The maximum Gasteiger partial charge on any atom is 0.317 e. The number of rotatable bonds is 4. The van der Waals surface area contributed by atoms with Crippen LogP contribution in [0.25, 0.3) is 10.9 Å². The van der Waals surface area contributed by atoms with Crippen molar-refractivity contribution in [3.05, 3.63) is 35.5 Å². The molecule has 1 aromatic carbocycles. The number of hydrogen-bond acceptors (Lipinski definition) is 3. The molecule has 2 aromatic rings. The van der Waals surface area contributed by atoms with Crippen LogP contribution < -0.4 is 0 Å². The third kappa shape index (κ3) is 3.15. The highest BCUT2D eigenvalue weighted by Crippen LogP contribution is 2.21. The van der Waals surface area contributed by atoms with Crippen LogP contribution in [0, 0.1) is 6.92 Å². The molecule has 1 N–H and O–H groups in total. The van der Waals surface area contributed by atoms with Crippen LogP contribution in [0.4, 0.5) is 0 Å². The van der Waals surface area contributed by atoms with Crippen molar-refractivity contribution in [1.82, 2.24) is 14.4 Å². The summed E-state index contributed by atoms with van der Waals surface area (Å²) in [5, 5.41) is 10.1. The second-order valence-corrected chi connectivity index (χ2v) is 6.20. The summed E-state index contributed by atoms with van der Waals surface area (Å²) in [5.74, 6) is -0.738. The molecule has 3 rings (SSSR count). The molecule has 0 saturated carbocycles. The summed E-state index contributed by atoms with van der Waals surface area (Å²) in [5.41, 5.74) is 3.87. The zero-order valence-electron chi connectivity index (χ0n) is 13.2. The van der Waals surface area contributed by atoms with Crippen LogP contribution in [0.5, 0.6) is 0 Å². The van der Waals surface area contributed by atoms with Crippen molar-refractivity contribution in [3.8, 4) is 0 Å². The van der Waals surface area contributed by atoms with Crippen LogP contribution in [0.15, 0.2) is 24.3 Å². The molecule has 0 unspecified atom stereocenters. The Balaban J connectivity index is 1.67. The number of piperazine rings is 1. The third-order valence-corrected chi connectivity index (χ3v) is 4.51. The van der Waals surface area contributed by atoms with E-state index in [1.165, 1.54) is 22.2 Å². The average molecular weight is 301 g/mol. The van der Waals surface area contributed by atoms with Gasteiger partial charge in [0.2, 0.25) is 0 Å². The summed E-state index contributed by atoms with van der Waals surface area (Å²) in [6.45, 7) is 6.70. The van der Waals surface area contributed by atoms with Crippen LogP contribution >= 0.6 is 0 Å². The molecule has 22 heavy (non-hydrogen) atoms. The van der Waals surface area contributed by atoms with Crippen molar-refractivity contribution in [2.45, 2.75) is 13.5 Å². The second kappa shape index (κ2) is 6.10. The van der Waals surface area contributed by atoms with E-state index in [0.717, 1.165) is 32.7 Å². The monoisotopic (exact) mass is 301 g/mol. The van der Waals surface area contributed by atoms with Gasteiger partial charge in [-0.05, 0) is 25.1 Å². The topological polar surface area (TPSA) is 48.7 Å². The molecule has 5 nitrogen and oxygen atoms in total. The number of fused-ring (bicyclic) bond motifs is 1. The molecular weight excluding hydrogens is 278 g/mol. The highest BCUT2D eigenvalue weighted by atomic mass is 16.4. The summed E-state index contributed by atoms with van der Waals surface area (Å²) in [7, 11) is 2.12. The predicted molar refractivity (Wildman–Crippen MR) is 87.0 cm³/mol. The van der Waals surface area contributed by atoms with Gasteiger partial charge in [0.1, 0.15) is 0 Å². The standard InChI is InChI=1S/C17H23N3O2/c1-13-3-4-16-14(9-13)10-15(18(16)2)11-19-5-7-20(8-6-19)12-17(21)22/h3-4,9-10H,5-8,11-12H2,1-2H3,(H,21,22). The van der Waals surface area contributed by atoms with Crippen molar-refractivity contribution in [2.24, 2.45) is 7.05 Å². The van der Waals surface area contributed by atoms with Crippen LogP contribution in [0.1, 0.15) is 11.3 Å². The van der Waals surface area contributed by atoms with Crippen LogP contribution in [-0.4, -0.2) is 58.2 Å². The summed E-state index contributed by atoms with van der Waals surface area (Å²) in [4.78, 5) is 15.2. The van der Waals surface area contributed by atoms with Crippen molar-refractivity contribution in [1.29, 1.82) is 0 Å². The molecule has 0 bridgehead atoms. The molecule has 1 aliphatic heterocycles. The number of carbonyl (C=O) groups is 1. The zero-order chi connectivity index (χ0) is 15.7. The van der Waals surface area contributed by atoms with E-state index in [1.54, 1.807) is 0 Å². The molecule has 1 aliphatic rings. The van der Waals surface area contributed by atoms with Gasteiger partial charge in [-0.1, -0.05) is 11.6 Å². The minimum Gasteiger partial charge on any atom is -0.480 e. The minimum absolute atomic E-state index is 0.154. The van der Waals surface area contributed by atoms with E-state index in [-0.39, 0.29) is 6.54 Å². The van der Waals surface area contributed by atoms with Crippen LogP contribution in [0.3, 0.4) is 0 Å². The molecule has 1 saturated heterocycles. The number of nitrogens with zero attached hydrogens (tertiary/aromatic N) is 3. The van der Waals surface area contributed by atoms with Gasteiger partial charge in [-0.15, -0.1) is 0 Å². The SMILES string of the molecule is Cc1ccc2c(c1)cc(CN1CCN(CC(=O)O)CC1)n2C. The molecule has 0 atom stereocenters. The number of aryl methyl sites for hydroxylation is 2. The Hall–Kier alpha value is -1.85. The van der Waals surface area contributed by atoms with E-state index in [9.17, 15) is 4.79 Å². The number of carboxylic acid groups (broad SMARTS) is 1. The fourth-order valence-corrected chi connectivity index (χ4v) is 3.20. The van der Waals surface area contributed by atoms with Gasteiger partial charge in [0.25, 0.3) is 0 Å². The Labute approximate surface area is 130 Å². The van der Waals surface area contributed by atoms with Gasteiger partial charge in [-0.25, -0.2) is 0 Å². The first-order chi connectivity index (χ1) is 10.5. The average Bonchev–Trinajstić information content (AvgIpc) is 2.76. The van der Waals surface area contributed by atoms with Gasteiger partial charge >= 0.3 is 5.97 Å². The number of carboxylic acids is 1. The van der Waals surface area contributed by atoms with Gasteiger partial charge < -0.3 is 9.67 Å². The van der Waals surface area contributed by atoms with Crippen LogP contribution in [0.2, 0.25) is 0 Å². The van der Waals surface area contributed by atoms with E-state index >= 15 is 0 Å². The van der Waals surface area contributed by atoms with Crippen molar-refractivity contribution >= 4 is 16.9 Å². The van der Waals surface area contributed by atoms with E-state index in [2.05, 4.69) is 47.7 Å². The Kier molecular flexibility index (Phi) is 4.18. The van der Waals surface area contributed by atoms with Gasteiger partial charge in [0.05, 0.1) is 6.54 Å². The first-order valence-corrected chi connectivity index (χ1v) is 7.74. The summed E-state index contributed by atoms with van der Waals surface area (Å²) >= 11 is 0. The lowest BCUT2D eigenvalue weighted by molar-refractivity contribution is -0.138. The number of aromatic nitrogens is 1. The van der Waals surface area contributed by atoms with Gasteiger partial charge in [-0.3, -0.25) is 14.6 Å². The minimum atomic E-state index is -0.738. The largest absolute Gasteiger partial charge is 0.480 e. The maximum absolute atomic E-state index is 10.8. The Morgan fingerprint density at radius 3 is 2.50 bits per heavy atom. The second-order valence-electron chi connectivity index (χ2n) is 6.20. The lowest BCUT2D eigenvalue weighted by Crippen LogP contribution is -2.47. The Morgan fingerprint density at radius 1 is 1.14 bits per heavy atom. The fourth-order valence-electron chi connectivity index (χ4n) is 3.20. The van der Waals surface area contributed by atoms with Gasteiger partial charge in [0.15, 0.2) is 0 Å². The lowest BCUT2D eigenvalue weighted by Gasteiger charge is -2.33. The quantitative estimate of drug-likeness (QED) is 0.933. The first-order valence-electron chi connectivity index (χ1n) is 7.74. The van der Waals surface area contributed by atoms with E-state index in [1.807, 2.05) is 4.90 Å². The number of hydrogen-bond donors (Lipinski definition) is 1. The van der Waals surface area contributed by atoms with Crippen molar-refractivity contribution < 1.29 is 9.90 Å². The fraction of sp³-hybridized carbons (Fsp3) is 0.471. The molecule has 0 amide bonds. The lowest BCUT2D eigenvalue weighted by atomic mass is 10.2. The highest BCUT2D eigenvalue weighted by molar-refractivity contribution is 5.82. The van der Waals surface area contributed by atoms with E-state index in [0.29, 0.717) is 0 Å². The Morgan fingerprint density at radius 2 is 1.82 bits per heavy atom. The third-order valence-electron chi connectivity index (χ3n) is 4.51. The molecule has 1 aromatic heterocycles. The van der Waals surface area contributed by atoms with E-state index in [4.69, 9.17) is 5.11 Å². The van der Waals surface area contributed by atoms with Gasteiger partial charge in [-0.2, -0.15) is 0 Å². The number of benzene rings is 1. The summed E-state index contributed by atoms with van der Waals surface area (Å²) in [6.07, 6.45) is 0. The summed E-state index contributed by atoms with van der Waals surface area (Å²) < 4.78 is 2.26. The van der Waals surface area contributed by atoms with Gasteiger partial charge in [0, 0.05) is 56.4 Å². The Bertz CT molecular complexity index is 685. The van der Waals surface area contributed by atoms with Crippen LogP contribution in [-0.2, 0) is 18.4 Å². The normalized spacial score (nSPS) is 17.2. The van der Waals surface area contributed by atoms with Crippen molar-refractivity contribution in [2.75, 3.05) is 32.7 Å². The molecular formula is C17H23N3O2. The smallest absolute Gasteiger partial charge is 0.317 e. The molecule has 5 heteroatoms. The zero-order valence-corrected chi connectivity index (χ0v) is 13.2. The molecule has 2 heterocycles. The van der Waals surface area contributed by atoms with E-state index < -0.39 is 5.97 Å². The molecule has 1 fully saturated rings. The molecule has 0 spiro atoms. The highest BCUT2D eigenvalue weighted by Gasteiger charge is 2.19. The molecule has 0 radical (unpaired) electrons. The molecule has 118 valence electrons. The summed E-state index contributed by atoms with van der Waals surface area (Å²) in [6, 6.07) is 8.82. The van der Waals surface area contributed by atoms with Crippen molar-refractivity contribution in [3.63, 3.8) is 0 Å². The predicted octanol–water partition coefficient (Wildman–Crippen LogP) is 1.69. The maximum atomic E-state index is 10.8. The number of aliphatic carboxylic acids is 1.